The SMILES string of the molecule is CCC(=O)OC(C)C(C)OC(=O)c1ccc(C#N)cc1. The Morgan fingerprint density at radius 1 is 1.15 bits per heavy atom. The lowest BCUT2D eigenvalue weighted by Gasteiger charge is -2.20. The molecule has 20 heavy (non-hydrogen) atoms. The van der Waals surface area contributed by atoms with Crippen molar-refractivity contribution in [3.05, 3.63) is 35.4 Å². The van der Waals surface area contributed by atoms with Crippen molar-refractivity contribution < 1.29 is 19.1 Å². The molecule has 0 spiro atoms. The van der Waals surface area contributed by atoms with Crippen LogP contribution in [0.15, 0.2) is 24.3 Å². The normalized spacial score (nSPS) is 12.9. The molecule has 1 aromatic rings. The second-order valence-corrected chi connectivity index (χ2v) is 4.35. The molecule has 0 aliphatic rings. The molecule has 0 fully saturated rings. The fourth-order valence-electron chi connectivity index (χ4n) is 1.40. The third-order valence-corrected chi connectivity index (χ3v) is 2.81. The number of carbonyl (C=O) groups is 2. The molecule has 0 aromatic heterocycles. The van der Waals surface area contributed by atoms with Gasteiger partial charge in [0.05, 0.1) is 17.2 Å². The van der Waals surface area contributed by atoms with Crippen molar-refractivity contribution in [1.29, 1.82) is 5.26 Å². The van der Waals surface area contributed by atoms with E-state index < -0.39 is 18.2 Å². The monoisotopic (exact) mass is 275 g/mol. The molecule has 0 radical (unpaired) electrons. The average molecular weight is 275 g/mol. The van der Waals surface area contributed by atoms with Crippen LogP contribution in [0.1, 0.15) is 43.1 Å². The number of nitriles is 1. The van der Waals surface area contributed by atoms with Crippen molar-refractivity contribution in [2.75, 3.05) is 0 Å². The van der Waals surface area contributed by atoms with Gasteiger partial charge in [0.15, 0.2) is 0 Å². The van der Waals surface area contributed by atoms with Crippen molar-refractivity contribution in [3.8, 4) is 6.07 Å². The first-order chi connectivity index (χ1) is 9.47. The average Bonchev–Trinajstić information content (AvgIpc) is 2.46. The largest absolute Gasteiger partial charge is 0.459 e. The lowest BCUT2D eigenvalue weighted by atomic mass is 10.1. The van der Waals surface area contributed by atoms with Crippen LogP contribution in [0.5, 0.6) is 0 Å². The van der Waals surface area contributed by atoms with Gasteiger partial charge in [-0.2, -0.15) is 5.26 Å². The number of esters is 2. The van der Waals surface area contributed by atoms with E-state index in [4.69, 9.17) is 14.7 Å². The van der Waals surface area contributed by atoms with E-state index in [2.05, 4.69) is 0 Å². The molecule has 5 nitrogen and oxygen atoms in total. The Bertz CT molecular complexity index is 516. The quantitative estimate of drug-likeness (QED) is 0.771. The smallest absolute Gasteiger partial charge is 0.338 e. The lowest BCUT2D eigenvalue weighted by Crippen LogP contribution is -2.30. The molecule has 106 valence electrons. The van der Waals surface area contributed by atoms with E-state index in [0.717, 1.165) is 0 Å². The molecule has 2 atom stereocenters. The van der Waals surface area contributed by atoms with Crippen LogP contribution in [0.3, 0.4) is 0 Å². The van der Waals surface area contributed by atoms with Gasteiger partial charge in [0.2, 0.25) is 0 Å². The maximum Gasteiger partial charge on any atom is 0.338 e. The summed E-state index contributed by atoms with van der Waals surface area (Å²) in [5.74, 6) is -0.847. The molecule has 0 saturated heterocycles. The van der Waals surface area contributed by atoms with Gasteiger partial charge >= 0.3 is 11.9 Å². The maximum absolute atomic E-state index is 11.9. The van der Waals surface area contributed by atoms with Gasteiger partial charge in [-0.1, -0.05) is 6.92 Å². The summed E-state index contributed by atoms with van der Waals surface area (Å²) in [5, 5.41) is 8.68. The number of rotatable bonds is 5. The molecule has 2 unspecified atom stereocenters. The van der Waals surface area contributed by atoms with E-state index in [1.54, 1.807) is 32.9 Å². The molecule has 0 aliphatic carbocycles. The molecule has 0 saturated carbocycles. The summed E-state index contributed by atoms with van der Waals surface area (Å²) in [7, 11) is 0. The van der Waals surface area contributed by atoms with Crippen molar-refractivity contribution in [2.24, 2.45) is 0 Å². The summed E-state index contributed by atoms with van der Waals surface area (Å²) in [5.41, 5.74) is 0.824. The molecule has 1 rings (SSSR count). The van der Waals surface area contributed by atoms with E-state index in [1.807, 2.05) is 6.07 Å². The highest BCUT2D eigenvalue weighted by atomic mass is 16.6. The van der Waals surface area contributed by atoms with Crippen LogP contribution in [0, 0.1) is 11.3 Å². The standard InChI is InChI=1S/C15H17NO4/c1-4-14(17)19-10(2)11(3)20-15(18)13-7-5-12(9-16)6-8-13/h5-8,10-11H,4H2,1-3H3. The zero-order valence-corrected chi connectivity index (χ0v) is 11.8. The predicted molar refractivity (Wildman–Crippen MR) is 71.9 cm³/mol. The van der Waals surface area contributed by atoms with Crippen LogP contribution < -0.4 is 0 Å². The maximum atomic E-state index is 11.9. The van der Waals surface area contributed by atoms with Gasteiger partial charge < -0.3 is 9.47 Å². The van der Waals surface area contributed by atoms with Crippen LogP contribution >= 0.6 is 0 Å². The van der Waals surface area contributed by atoms with Gasteiger partial charge in [0.1, 0.15) is 12.2 Å². The van der Waals surface area contributed by atoms with Crippen molar-refractivity contribution in [2.45, 2.75) is 39.4 Å². The Hall–Kier alpha value is -2.35. The van der Waals surface area contributed by atoms with Crippen LogP contribution in [-0.2, 0) is 14.3 Å². The third-order valence-electron chi connectivity index (χ3n) is 2.81. The fourth-order valence-corrected chi connectivity index (χ4v) is 1.40. The minimum Gasteiger partial charge on any atom is -0.459 e. The van der Waals surface area contributed by atoms with Gasteiger partial charge in [0.25, 0.3) is 0 Å². The Morgan fingerprint density at radius 3 is 2.20 bits per heavy atom. The van der Waals surface area contributed by atoms with Crippen LogP contribution in [0.2, 0.25) is 0 Å². The van der Waals surface area contributed by atoms with Crippen molar-refractivity contribution in [1.82, 2.24) is 0 Å². The van der Waals surface area contributed by atoms with Gasteiger partial charge in [-0.25, -0.2) is 4.79 Å². The number of ether oxygens (including phenoxy) is 2. The topological polar surface area (TPSA) is 76.4 Å². The molecular weight excluding hydrogens is 258 g/mol. The summed E-state index contributed by atoms with van der Waals surface area (Å²) in [6, 6.07) is 8.11. The van der Waals surface area contributed by atoms with Crippen LogP contribution in [0.25, 0.3) is 0 Å². The molecule has 0 heterocycles. The Kier molecular flexibility index (Phi) is 5.73. The van der Waals surface area contributed by atoms with E-state index in [-0.39, 0.29) is 12.4 Å². The highest BCUT2D eigenvalue weighted by Crippen LogP contribution is 2.10. The molecule has 0 amide bonds. The predicted octanol–water partition coefficient (Wildman–Crippen LogP) is 2.45. The molecule has 0 aliphatic heterocycles. The zero-order chi connectivity index (χ0) is 15.1. The van der Waals surface area contributed by atoms with Crippen molar-refractivity contribution in [3.63, 3.8) is 0 Å². The first-order valence-corrected chi connectivity index (χ1v) is 6.38. The van der Waals surface area contributed by atoms with E-state index in [9.17, 15) is 9.59 Å². The summed E-state index contributed by atoms with van der Waals surface area (Å²) >= 11 is 0. The van der Waals surface area contributed by atoms with Crippen molar-refractivity contribution >= 4 is 11.9 Å². The molecule has 0 bridgehead atoms. The number of hydrogen-bond donors (Lipinski definition) is 0. The first-order valence-electron chi connectivity index (χ1n) is 6.38. The Morgan fingerprint density at radius 2 is 1.70 bits per heavy atom. The second-order valence-electron chi connectivity index (χ2n) is 4.35. The molecule has 0 N–H and O–H groups in total. The third kappa shape index (κ3) is 4.39. The molecule has 5 heteroatoms. The van der Waals surface area contributed by atoms with Crippen LogP contribution in [0.4, 0.5) is 0 Å². The molecule has 1 aromatic carbocycles. The zero-order valence-electron chi connectivity index (χ0n) is 11.8. The minimum absolute atomic E-state index is 0.278. The minimum atomic E-state index is -0.548. The first kappa shape index (κ1) is 15.7. The summed E-state index contributed by atoms with van der Waals surface area (Å²) in [6.07, 6.45) is -0.779. The van der Waals surface area contributed by atoms with E-state index in [0.29, 0.717) is 11.1 Å². The van der Waals surface area contributed by atoms with E-state index in [1.165, 1.54) is 12.1 Å². The summed E-state index contributed by atoms with van der Waals surface area (Å²) in [6.45, 7) is 5.03. The summed E-state index contributed by atoms with van der Waals surface area (Å²) < 4.78 is 10.3. The molecular formula is C15H17NO4. The van der Waals surface area contributed by atoms with Crippen LogP contribution in [-0.4, -0.2) is 24.1 Å². The lowest BCUT2D eigenvalue weighted by molar-refractivity contribution is -0.152. The highest BCUT2D eigenvalue weighted by molar-refractivity contribution is 5.89. The number of carbonyl (C=O) groups excluding carboxylic acids is 2. The number of nitrogens with zero attached hydrogens (tertiary/aromatic N) is 1. The number of benzene rings is 1. The van der Waals surface area contributed by atoms with Gasteiger partial charge in [-0.15, -0.1) is 0 Å². The van der Waals surface area contributed by atoms with Gasteiger partial charge in [-0.05, 0) is 38.1 Å². The second kappa shape index (κ2) is 7.29. The Balaban J connectivity index is 2.60. The Labute approximate surface area is 118 Å². The van der Waals surface area contributed by atoms with Gasteiger partial charge in [-0.3, -0.25) is 4.79 Å². The highest BCUT2D eigenvalue weighted by Gasteiger charge is 2.20. The fraction of sp³-hybridized carbons (Fsp3) is 0.400. The van der Waals surface area contributed by atoms with E-state index >= 15 is 0 Å². The van der Waals surface area contributed by atoms with Gasteiger partial charge in [0, 0.05) is 6.42 Å². The summed E-state index contributed by atoms with van der Waals surface area (Å²) in [4.78, 5) is 23.0. The number of hydrogen-bond acceptors (Lipinski definition) is 5.